The van der Waals surface area contributed by atoms with Crippen LogP contribution >= 0.6 is 23.4 Å². The molecule has 0 fully saturated rings. The van der Waals surface area contributed by atoms with Crippen molar-refractivity contribution in [3.8, 4) is 0 Å². The van der Waals surface area contributed by atoms with Crippen molar-refractivity contribution in [2.45, 2.75) is 30.7 Å². The van der Waals surface area contributed by atoms with Gasteiger partial charge in [-0.15, -0.1) is 11.8 Å². The van der Waals surface area contributed by atoms with Gasteiger partial charge in [-0.25, -0.2) is 4.79 Å². The van der Waals surface area contributed by atoms with Crippen LogP contribution in [-0.4, -0.2) is 28.8 Å². The summed E-state index contributed by atoms with van der Waals surface area (Å²) in [5.74, 6) is -0.752. The summed E-state index contributed by atoms with van der Waals surface area (Å²) < 4.78 is 0. The van der Waals surface area contributed by atoms with E-state index in [1.807, 2.05) is 18.2 Å². The number of carboxylic acid groups (broad SMARTS) is 1. The number of benzene rings is 1. The molecule has 1 rings (SSSR count). The Morgan fingerprint density at radius 1 is 1.43 bits per heavy atom. The van der Waals surface area contributed by atoms with Crippen molar-refractivity contribution in [1.29, 1.82) is 0 Å². The molecule has 0 saturated heterocycles. The van der Waals surface area contributed by atoms with Crippen LogP contribution in [-0.2, 0) is 9.59 Å². The standard InChI is InChI=1S/C15H18ClNO3S/c1-2-3-7-12(15(19)20)17-14(18)9-10-21-13-8-5-4-6-11(13)16/h2-6,8,12H,7,9-10H2,1H3,(H,17,18)(H,19,20)/b3-2+. The minimum Gasteiger partial charge on any atom is -0.480 e. The largest absolute Gasteiger partial charge is 0.480 e. The van der Waals surface area contributed by atoms with Crippen LogP contribution in [0.25, 0.3) is 0 Å². The zero-order valence-corrected chi connectivity index (χ0v) is 13.3. The molecule has 114 valence electrons. The molecule has 0 spiro atoms. The lowest BCUT2D eigenvalue weighted by Crippen LogP contribution is -2.40. The Morgan fingerprint density at radius 2 is 2.14 bits per heavy atom. The van der Waals surface area contributed by atoms with Gasteiger partial charge in [0.1, 0.15) is 6.04 Å². The molecule has 1 amide bonds. The molecule has 0 bridgehead atoms. The van der Waals surface area contributed by atoms with Gasteiger partial charge in [-0.1, -0.05) is 35.9 Å². The van der Waals surface area contributed by atoms with Gasteiger partial charge in [0, 0.05) is 17.1 Å². The normalized spacial score (nSPS) is 12.3. The Hall–Kier alpha value is -1.46. The first-order valence-corrected chi connectivity index (χ1v) is 7.91. The lowest BCUT2D eigenvalue weighted by Gasteiger charge is -2.12. The van der Waals surface area contributed by atoms with Crippen molar-refractivity contribution in [3.05, 3.63) is 41.4 Å². The van der Waals surface area contributed by atoms with Crippen LogP contribution in [0.5, 0.6) is 0 Å². The van der Waals surface area contributed by atoms with E-state index >= 15 is 0 Å². The van der Waals surface area contributed by atoms with Gasteiger partial charge < -0.3 is 10.4 Å². The van der Waals surface area contributed by atoms with Gasteiger partial charge in [-0.2, -0.15) is 0 Å². The number of rotatable bonds is 8. The summed E-state index contributed by atoms with van der Waals surface area (Å²) in [5, 5.41) is 12.2. The van der Waals surface area contributed by atoms with Gasteiger partial charge >= 0.3 is 5.97 Å². The quantitative estimate of drug-likeness (QED) is 0.567. The number of amides is 1. The number of halogens is 1. The van der Waals surface area contributed by atoms with Gasteiger partial charge in [-0.3, -0.25) is 4.79 Å². The molecule has 0 aromatic heterocycles. The van der Waals surface area contributed by atoms with Crippen LogP contribution in [0, 0.1) is 0 Å². The monoisotopic (exact) mass is 327 g/mol. The Bertz CT molecular complexity index is 519. The van der Waals surface area contributed by atoms with Crippen LogP contribution in [0.15, 0.2) is 41.3 Å². The van der Waals surface area contributed by atoms with Crippen LogP contribution in [0.1, 0.15) is 19.8 Å². The zero-order chi connectivity index (χ0) is 15.7. The van der Waals surface area contributed by atoms with E-state index in [-0.39, 0.29) is 18.7 Å². The molecular formula is C15H18ClNO3S. The third-order valence-corrected chi connectivity index (χ3v) is 4.18. The molecule has 0 saturated carbocycles. The molecule has 0 aliphatic carbocycles. The summed E-state index contributed by atoms with van der Waals surface area (Å²) in [6.45, 7) is 1.81. The van der Waals surface area contributed by atoms with Crippen LogP contribution in [0.4, 0.5) is 0 Å². The van der Waals surface area contributed by atoms with Gasteiger partial charge in [0.2, 0.25) is 5.91 Å². The molecular weight excluding hydrogens is 310 g/mol. The maximum atomic E-state index is 11.8. The molecule has 4 nitrogen and oxygen atoms in total. The summed E-state index contributed by atoms with van der Waals surface area (Å²) in [7, 11) is 0. The summed E-state index contributed by atoms with van der Waals surface area (Å²) in [6, 6.07) is 6.53. The topological polar surface area (TPSA) is 66.4 Å². The molecule has 1 aromatic rings. The van der Waals surface area contributed by atoms with E-state index in [2.05, 4.69) is 5.32 Å². The first-order valence-electron chi connectivity index (χ1n) is 6.55. The highest BCUT2D eigenvalue weighted by Gasteiger charge is 2.18. The van der Waals surface area contributed by atoms with Crippen molar-refractivity contribution >= 4 is 35.2 Å². The summed E-state index contributed by atoms with van der Waals surface area (Å²) >= 11 is 7.49. The molecule has 6 heteroatoms. The number of carbonyl (C=O) groups excluding carboxylic acids is 1. The molecule has 0 aliphatic heterocycles. The van der Waals surface area contributed by atoms with Crippen molar-refractivity contribution in [3.63, 3.8) is 0 Å². The second kappa shape index (κ2) is 9.47. The van der Waals surface area contributed by atoms with Gasteiger partial charge in [0.25, 0.3) is 0 Å². The van der Waals surface area contributed by atoms with E-state index in [9.17, 15) is 9.59 Å². The minimum absolute atomic E-state index is 0.246. The molecule has 21 heavy (non-hydrogen) atoms. The first kappa shape index (κ1) is 17.6. The number of hydrogen-bond acceptors (Lipinski definition) is 3. The molecule has 1 unspecified atom stereocenters. The van der Waals surface area contributed by atoms with E-state index in [0.717, 1.165) is 4.90 Å². The highest BCUT2D eigenvalue weighted by atomic mass is 35.5. The van der Waals surface area contributed by atoms with Crippen LogP contribution in [0.2, 0.25) is 5.02 Å². The van der Waals surface area contributed by atoms with Crippen LogP contribution in [0.3, 0.4) is 0 Å². The third-order valence-electron chi connectivity index (χ3n) is 2.66. The van der Waals surface area contributed by atoms with E-state index in [1.54, 1.807) is 25.1 Å². The fourth-order valence-corrected chi connectivity index (χ4v) is 2.76. The van der Waals surface area contributed by atoms with Gasteiger partial charge in [0.05, 0.1) is 5.02 Å². The summed E-state index contributed by atoms with van der Waals surface area (Å²) in [4.78, 5) is 23.7. The maximum Gasteiger partial charge on any atom is 0.326 e. The number of thioether (sulfide) groups is 1. The predicted molar refractivity (Wildman–Crippen MR) is 85.8 cm³/mol. The number of carboxylic acids is 1. The molecule has 1 atom stereocenters. The summed E-state index contributed by atoms with van der Waals surface area (Å²) in [6.07, 6.45) is 4.01. The van der Waals surface area contributed by atoms with Gasteiger partial charge in [0.15, 0.2) is 0 Å². The number of carbonyl (C=O) groups is 2. The zero-order valence-electron chi connectivity index (χ0n) is 11.7. The molecule has 2 N–H and O–H groups in total. The Labute approximate surface area is 133 Å². The second-order valence-corrected chi connectivity index (χ2v) is 5.84. The SMILES string of the molecule is C/C=C/CC(NC(=O)CCSc1ccccc1Cl)C(=O)O. The van der Waals surface area contributed by atoms with E-state index < -0.39 is 12.0 Å². The molecule has 0 aliphatic rings. The Morgan fingerprint density at radius 3 is 2.76 bits per heavy atom. The Kier molecular flexibility index (Phi) is 7.93. The van der Waals surface area contributed by atoms with Crippen molar-refractivity contribution in [1.82, 2.24) is 5.32 Å². The fourth-order valence-electron chi connectivity index (χ4n) is 1.58. The van der Waals surface area contributed by atoms with Gasteiger partial charge in [-0.05, 0) is 25.5 Å². The summed E-state index contributed by atoms with van der Waals surface area (Å²) in [5.41, 5.74) is 0. The minimum atomic E-state index is -1.03. The van der Waals surface area contributed by atoms with Crippen molar-refractivity contribution < 1.29 is 14.7 Å². The van der Waals surface area contributed by atoms with Crippen molar-refractivity contribution in [2.24, 2.45) is 0 Å². The molecule has 0 heterocycles. The molecule has 1 aromatic carbocycles. The highest BCUT2D eigenvalue weighted by molar-refractivity contribution is 7.99. The number of allylic oxidation sites excluding steroid dienone is 1. The van der Waals surface area contributed by atoms with E-state index in [1.165, 1.54) is 11.8 Å². The van der Waals surface area contributed by atoms with Crippen LogP contribution < -0.4 is 5.32 Å². The van der Waals surface area contributed by atoms with E-state index in [0.29, 0.717) is 10.8 Å². The first-order chi connectivity index (χ1) is 10.0. The average Bonchev–Trinajstić information content (AvgIpc) is 2.45. The lowest BCUT2D eigenvalue weighted by molar-refractivity contribution is -0.141. The third kappa shape index (κ3) is 6.69. The highest BCUT2D eigenvalue weighted by Crippen LogP contribution is 2.26. The second-order valence-electron chi connectivity index (χ2n) is 4.29. The van der Waals surface area contributed by atoms with Crippen molar-refractivity contribution in [2.75, 3.05) is 5.75 Å². The lowest BCUT2D eigenvalue weighted by atomic mass is 10.2. The maximum absolute atomic E-state index is 11.8. The Balaban J connectivity index is 2.39. The van der Waals surface area contributed by atoms with E-state index in [4.69, 9.17) is 16.7 Å². The number of hydrogen-bond donors (Lipinski definition) is 2. The molecule has 0 radical (unpaired) electrons. The number of nitrogens with one attached hydrogen (secondary N) is 1. The predicted octanol–water partition coefficient (Wildman–Crippen LogP) is 3.36. The smallest absolute Gasteiger partial charge is 0.326 e. The average molecular weight is 328 g/mol. The number of aliphatic carboxylic acids is 1. The fraction of sp³-hybridized carbons (Fsp3) is 0.333.